The van der Waals surface area contributed by atoms with E-state index in [1.54, 1.807) is 11.3 Å². The van der Waals surface area contributed by atoms with Gasteiger partial charge in [-0.1, -0.05) is 29.8 Å². The molecule has 4 rings (SSSR count). The number of halogens is 1. The Labute approximate surface area is 161 Å². The summed E-state index contributed by atoms with van der Waals surface area (Å²) < 4.78 is 2.04. The normalized spacial score (nSPS) is 16.3. The largest absolute Gasteiger partial charge is 0.349 e. The molecule has 0 saturated carbocycles. The highest BCUT2D eigenvalue weighted by molar-refractivity contribution is 7.10. The van der Waals surface area contributed by atoms with Crippen molar-refractivity contribution in [3.63, 3.8) is 0 Å². The van der Waals surface area contributed by atoms with E-state index in [-0.39, 0.29) is 11.9 Å². The zero-order chi connectivity index (χ0) is 17.9. The van der Waals surface area contributed by atoms with Crippen LogP contribution in [0.5, 0.6) is 0 Å². The fourth-order valence-electron chi connectivity index (χ4n) is 3.53. The first-order chi connectivity index (χ1) is 12.7. The van der Waals surface area contributed by atoms with Gasteiger partial charge in [-0.25, -0.2) is 0 Å². The van der Waals surface area contributed by atoms with E-state index in [0.717, 1.165) is 40.3 Å². The molecule has 0 bridgehead atoms. The van der Waals surface area contributed by atoms with Gasteiger partial charge in [-0.2, -0.15) is 5.10 Å². The maximum absolute atomic E-state index is 12.4. The van der Waals surface area contributed by atoms with Crippen molar-refractivity contribution in [1.29, 1.82) is 0 Å². The molecule has 0 fully saturated rings. The number of carbonyl (C=O) groups excluding carboxylic acids is 1. The van der Waals surface area contributed by atoms with E-state index in [1.165, 1.54) is 5.69 Å². The number of benzene rings is 1. The molecule has 1 atom stereocenters. The molecule has 0 saturated heterocycles. The van der Waals surface area contributed by atoms with Crippen molar-refractivity contribution in [3.8, 4) is 0 Å². The van der Waals surface area contributed by atoms with Crippen molar-refractivity contribution in [1.82, 2.24) is 15.1 Å². The van der Waals surface area contributed by atoms with E-state index < -0.39 is 0 Å². The molecule has 1 aliphatic carbocycles. The van der Waals surface area contributed by atoms with E-state index >= 15 is 0 Å². The average Bonchev–Trinajstić information content (AvgIpc) is 3.26. The second kappa shape index (κ2) is 7.64. The van der Waals surface area contributed by atoms with E-state index in [4.69, 9.17) is 11.6 Å². The SMILES string of the molecule is O=C(Cc1cccs1)N[C@@H]1CCCc2c1cnn2Cc1cccc(Cl)c1. The maximum Gasteiger partial charge on any atom is 0.225 e. The molecule has 3 aromatic rings. The predicted octanol–water partition coefficient (Wildman–Crippen LogP) is 4.38. The van der Waals surface area contributed by atoms with Crippen LogP contribution in [0.4, 0.5) is 0 Å². The van der Waals surface area contributed by atoms with Crippen LogP contribution in [0.15, 0.2) is 48.0 Å². The van der Waals surface area contributed by atoms with E-state index in [2.05, 4.69) is 16.5 Å². The van der Waals surface area contributed by atoms with Gasteiger partial charge in [-0.05, 0) is 48.4 Å². The highest BCUT2D eigenvalue weighted by Crippen LogP contribution is 2.30. The van der Waals surface area contributed by atoms with Gasteiger partial charge in [-0.15, -0.1) is 11.3 Å². The molecule has 0 spiro atoms. The smallest absolute Gasteiger partial charge is 0.225 e. The maximum atomic E-state index is 12.4. The number of nitrogens with one attached hydrogen (secondary N) is 1. The van der Waals surface area contributed by atoms with Gasteiger partial charge in [-0.3, -0.25) is 9.48 Å². The number of hydrogen-bond acceptors (Lipinski definition) is 3. The fraction of sp³-hybridized carbons (Fsp3) is 0.300. The molecule has 0 aliphatic heterocycles. The van der Waals surface area contributed by atoms with Gasteiger partial charge in [0.2, 0.25) is 5.91 Å². The summed E-state index contributed by atoms with van der Waals surface area (Å²) in [4.78, 5) is 13.5. The Balaban J connectivity index is 1.48. The third kappa shape index (κ3) is 3.84. The lowest BCUT2D eigenvalue weighted by molar-refractivity contribution is -0.121. The van der Waals surface area contributed by atoms with Gasteiger partial charge < -0.3 is 5.32 Å². The summed E-state index contributed by atoms with van der Waals surface area (Å²) in [5.41, 5.74) is 3.50. The number of fused-ring (bicyclic) bond motifs is 1. The molecular weight excluding hydrogens is 366 g/mol. The quantitative estimate of drug-likeness (QED) is 0.708. The average molecular weight is 386 g/mol. The van der Waals surface area contributed by atoms with Crippen LogP contribution < -0.4 is 5.32 Å². The van der Waals surface area contributed by atoms with Crippen LogP contribution in [-0.2, 0) is 24.2 Å². The lowest BCUT2D eigenvalue weighted by Crippen LogP contribution is -2.32. The van der Waals surface area contributed by atoms with Crippen molar-refractivity contribution in [2.75, 3.05) is 0 Å². The number of aromatic nitrogens is 2. The molecule has 1 amide bonds. The first-order valence-electron chi connectivity index (χ1n) is 8.80. The first kappa shape index (κ1) is 17.3. The highest BCUT2D eigenvalue weighted by atomic mass is 35.5. The van der Waals surface area contributed by atoms with Gasteiger partial charge in [0.1, 0.15) is 0 Å². The van der Waals surface area contributed by atoms with Crippen molar-refractivity contribution < 1.29 is 4.79 Å². The molecule has 4 nitrogen and oxygen atoms in total. The minimum absolute atomic E-state index is 0.0549. The van der Waals surface area contributed by atoms with Crippen LogP contribution in [0, 0.1) is 0 Å². The Hall–Kier alpha value is -2.11. The Morgan fingerprint density at radius 3 is 3.08 bits per heavy atom. The Bertz CT molecular complexity index is 904. The van der Waals surface area contributed by atoms with Gasteiger partial charge in [0, 0.05) is 21.2 Å². The Morgan fingerprint density at radius 1 is 1.35 bits per heavy atom. The van der Waals surface area contributed by atoms with Crippen molar-refractivity contribution >= 4 is 28.8 Å². The fourth-order valence-corrected chi connectivity index (χ4v) is 4.45. The third-order valence-electron chi connectivity index (χ3n) is 4.73. The second-order valence-electron chi connectivity index (χ2n) is 6.60. The number of thiophene rings is 1. The summed E-state index contributed by atoms with van der Waals surface area (Å²) in [6.07, 6.45) is 5.37. The van der Waals surface area contributed by atoms with E-state index in [9.17, 15) is 4.79 Å². The minimum Gasteiger partial charge on any atom is -0.349 e. The number of amides is 1. The molecule has 26 heavy (non-hydrogen) atoms. The molecule has 1 aliphatic rings. The molecule has 2 heterocycles. The van der Waals surface area contributed by atoms with Gasteiger partial charge in [0.15, 0.2) is 0 Å². The van der Waals surface area contributed by atoms with Gasteiger partial charge in [0.05, 0.1) is 25.2 Å². The number of hydrogen-bond donors (Lipinski definition) is 1. The molecule has 2 aromatic heterocycles. The summed E-state index contributed by atoms with van der Waals surface area (Å²) in [5, 5.41) is 10.5. The molecule has 0 radical (unpaired) electrons. The lowest BCUT2D eigenvalue weighted by Gasteiger charge is -2.24. The van der Waals surface area contributed by atoms with Crippen molar-refractivity contribution in [2.45, 2.75) is 38.3 Å². The zero-order valence-electron chi connectivity index (χ0n) is 14.3. The highest BCUT2D eigenvalue weighted by Gasteiger charge is 2.25. The molecule has 1 aromatic carbocycles. The summed E-state index contributed by atoms with van der Waals surface area (Å²) in [6, 6.07) is 11.9. The van der Waals surface area contributed by atoms with Crippen LogP contribution in [0.1, 0.15) is 40.6 Å². The molecule has 0 unspecified atom stereocenters. The minimum atomic E-state index is 0.0549. The summed E-state index contributed by atoms with van der Waals surface area (Å²) in [5.74, 6) is 0.0768. The Kier molecular flexibility index (Phi) is 5.09. The van der Waals surface area contributed by atoms with Crippen LogP contribution in [0.3, 0.4) is 0 Å². The van der Waals surface area contributed by atoms with E-state index in [0.29, 0.717) is 13.0 Å². The third-order valence-corrected chi connectivity index (χ3v) is 5.85. The number of rotatable bonds is 5. The monoisotopic (exact) mass is 385 g/mol. The van der Waals surface area contributed by atoms with Crippen LogP contribution in [0.2, 0.25) is 5.02 Å². The molecule has 6 heteroatoms. The molecule has 134 valence electrons. The summed E-state index contributed by atoms with van der Waals surface area (Å²) in [7, 11) is 0. The van der Waals surface area contributed by atoms with Gasteiger partial charge >= 0.3 is 0 Å². The predicted molar refractivity (Wildman–Crippen MR) is 105 cm³/mol. The second-order valence-corrected chi connectivity index (χ2v) is 8.07. The molecular formula is C20H20ClN3OS. The lowest BCUT2D eigenvalue weighted by atomic mass is 9.92. The number of carbonyl (C=O) groups is 1. The first-order valence-corrected chi connectivity index (χ1v) is 10.1. The standard InChI is InChI=1S/C20H20ClN3OS/c21-15-5-1-4-14(10-15)13-24-19-8-2-7-18(17(19)12-22-24)23-20(25)11-16-6-3-9-26-16/h1,3-6,9-10,12,18H,2,7-8,11,13H2,(H,23,25)/t18-/m1/s1. The van der Waals surface area contributed by atoms with Gasteiger partial charge in [0.25, 0.3) is 0 Å². The van der Waals surface area contributed by atoms with Crippen molar-refractivity contribution in [2.24, 2.45) is 0 Å². The molecule has 1 N–H and O–H groups in total. The summed E-state index contributed by atoms with van der Waals surface area (Å²) in [6.45, 7) is 0.700. The van der Waals surface area contributed by atoms with Crippen LogP contribution in [0.25, 0.3) is 0 Å². The zero-order valence-corrected chi connectivity index (χ0v) is 15.9. The summed E-state index contributed by atoms with van der Waals surface area (Å²) >= 11 is 7.71. The van der Waals surface area contributed by atoms with Crippen molar-refractivity contribution in [3.05, 3.63) is 74.7 Å². The van der Waals surface area contributed by atoms with Crippen LogP contribution >= 0.6 is 22.9 Å². The topological polar surface area (TPSA) is 46.9 Å². The Morgan fingerprint density at radius 2 is 2.27 bits per heavy atom. The van der Waals surface area contributed by atoms with Crippen LogP contribution in [-0.4, -0.2) is 15.7 Å². The van der Waals surface area contributed by atoms with E-state index in [1.807, 2.05) is 46.6 Å². The number of nitrogens with zero attached hydrogens (tertiary/aromatic N) is 2.